The number of benzene rings is 1. The van der Waals surface area contributed by atoms with Crippen molar-refractivity contribution >= 4 is 38.9 Å². The van der Waals surface area contributed by atoms with Crippen molar-refractivity contribution in [3.05, 3.63) is 57.8 Å². The first kappa shape index (κ1) is 20.1. The lowest BCUT2D eigenvalue weighted by Crippen LogP contribution is -2.38. The molecule has 1 fully saturated rings. The molecule has 0 aliphatic carbocycles. The van der Waals surface area contributed by atoms with Crippen LogP contribution in [0.1, 0.15) is 35.9 Å². The molecule has 0 radical (unpaired) electrons. The van der Waals surface area contributed by atoms with Crippen molar-refractivity contribution in [1.29, 1.82) is 0 Å². The van der Waals surface area contributed by atoms with Crippen LogP contribution in [0.5, 0.6) is 0 Å². The number of halogens is 2. The minimum atomic E-state index is -3.74. The van der Waals surface area contributed by atoms with Crippen LogP contribution in [-0.4, -0.2) is 37.3 Å². The molecule has 3 rings (SSSR count). The lowest BCUT2D eigenvalue weighted by molar-refractivity contribution is 0.0691. The molecule has 1 aliphatic rings. The molecule has 1 saturated heterocycles. The van der Waals surface area contributed by atoms with Gasteiger partial charge in [0, 0.05) is 13.1 Å². The van der Waals surface area contributed by atoms with E-state index in [1.807, 2.05) is 0 Å². The zero-order valence-corrected chi connectivity index (χ0v) is 17.2. The first-order valence-corrected chi connectivity index (χ1v) is 11.1. The van der Waals surface area contributed by atoms with Gasteiger partial charge >= 0.3 is 0 Å². The summed E-state index contributed by atoms with van der Waals surface area (Å²) in [5, 5.41) is 0.169. The molecule has 27 heavy (non-hydrogen) atoms. The normalized spacial score (nSPS) is 15.7. The summed E-state index contributed by atoms with van der Waals surface area (Å²) in [7, 11) is -3.74. The molecule has 1 amide bonds. The summed E-state index contributed by atoms with van der Waals surface area (Å²) in [6.07, 6.45) is 1.93. The van der Waals surface area contributed by atoms with E-state index in [-0.39, 0.29) is 32.3 Å². The smallest absolute Gasteiger partial charge is 0.272 e. The number of rotatable bonds is 4. The van der Waals surface area contributed by atoms with E-state index in [0.29, 0.717) is 24.7 Å². The van der Waals surface area contributed by atoms with Gasteiger partial charge in [-0.1, -0.05) is 42.3 Å². The average Bonchev–Trinajstić information content (AvgIpc) is 2.63. The fraction of sp³-hybridized carbons (Fsp3) is 0.368. The molecule has 0 N–H and O–H groups in total. The lowest BCUT2D eigenvalue weighted by Gasteiger charge is -2.30. The van der Waals surface area contributed by atoms with Crippen LogP contribution < -0.4 is 0 Å². The van der Waals surface area contributed by atoms with Gasteiger partial charge in [-0.25, -0.2) is 13.4 Å². The monoisotopic (exact) mass is 426 g/mol. The van der Waals surface area contributed by atoms with Gasteiger partial charge in [-0.2, -0.15) is 0 Å². The number of hydrogen-bond donors (Lipinski definition) is 0. The van der Waals surface area contributed by atoms with Crippen LogP contribution in [0.2, 0.25) is 10.0 Å². The maximum Gasteiger partial charge on any atom is 0.272 e. The number of carbonyl (C=O) groups excluding carboxylic acids is 1. The fourth-order valence-electron chi connectivity index (χ4n) is 3.05. The molecule has 2 heterocycles. The molecular weight excluding hydrogens is 407 g/mol. The SMILES string of the molecule is CC1CCN(C(=O)c2cccc(CS(=O)(=O)c3cccc(Cl)c3Cl)n2)CC1. The molecule has 0 spiro atoms. The van der Waals surface area contributed by atoms with Crippen molar-refractivity contribution in [2.75, 3.05) is 13.1 Å². The molecular formula is C19H20Cl2N2O3S. The first-order valence-electron chi connectivity index (χ1n) is 8.70. The number of amides is 1. The van der Waals surface area contributed by atoms with Gasteiger partial charge in [0.05, 0.1) is 26.4 Å². The number of sulfone groups is 1. The van der Waals surface area contributed by atoms with Crippen LogP contribution in [0, 0.1) is 5.92 Å². The standard InChI is InChI=1S/C19H20Cl2N2O3S/c1-13-8-10-23(11-9-13)19(24)16-6-2-4-14(22-16)12-27(25,26)17-7-3-5-15(20)18(17)21/h2-7,13H,8-12H2,1H3. The number of carbonyl (C=O) groups is 1. The predicted molar refractivity (Wildman–Crippen MR) is 106 cm³/mol. The highest BCUT2D eigenvalue weighted by atomic mass is 35.5. The van der Waals surface area contributed by atoms with E-state index in [9.17, 15) is 13.2 Å². The molecule has 5 nitrogen and oxygen atoms in total. The Labute approximate surface area is 169 Å². The van der Waals surface area contributed by atoms with Gasteiger partial charge < -0.3 is 4.90 Å². The summed E-state index contributed by atoms with van der Waals surface area (Å²) in [6.45, 7) is 3.57. The number of likely N-dealkylation sites (tertiary alicyclic amines) is 1. The summed E-state index contributed by atoms with van der Waals surface area (Å²) in [5.74, 6) is 0.0912. The van der Waals surface area contributed by atoms with E-state index in [4.69, 9.17) is 23.2 Å². The summed E-state index contributed by atoms with van der Waals surface area (Å²) in [6, 6.07) is 9.32. The maximum absolute atomic E-state index is 12.7. The Kier molecular flexibility index (Phi) is 6.08. The fourth-order valence-corrected chi connectivity index (χ4v) is 5.13. The largest absolute Gasteiger partial charge is 0.337 e. The number of nitrogens with zero attached hydrogens (tertiary/aromatic N) is 2. The highest BCUT2D eigenvalue weighted by molar-refractivity contribution is 7.90. The Bertz CT molecular complexity index is 955. The van der Waals surface area contributed by atoms with Gasteiger partial charge in [0.25, 0.3) is 5.91 Å². The zero-order chi connectivity index (χ0) is 19.6. The lowest BCUT2D eigenvalue weighted by atomic mass is 9.99. The Morgan fingerprint density at radius 2 is 1.81 bits per heavy atom. The molecule has 144 valence electrons. The number of pyridine rings is 1. The summed E-state index contributed by atoms with van der Waals surface area (Å²) >= 11 is 12.0. The van der Waals surface area contributed by atoms with E-state index in [1.54, 1.807) is 23.1 Å². The second-order valence-corrected chi connectivity index (χ2v) is 9.54. The third-order valence-corrected chi connectivity index (χ3v) is 7.30. The minimum Gasteiger partial charge on any atom is -0.337 e. The molecule has 1 aromatic heterocycles. The van der Waals surface area contributed by atoms with Crippen LogP contribution in [0.25, 0.3) is 0 Å². The second kappa shape index (κ2) is 8.17. The van der Waals surface area contributed by atoms with E-state index >= 15 is 0 Å². The predicted octanol–water partition coefficient (Wildman–Crippen LogP) is 4.23. The van der Waals surface area contributed by atoms with E-state index < -0.39 is 9.84 Å². The average molecular weight is 427 g/mol. The molecule has 1 aliphatic heterocycles. The van der Waals surface area contributed by atoms with Crippen molar-refractivity contribution in [1.82, 2.24) is 9.88 Å². The quantitative estimate of drug-likeness (QED) is 0.732. The van der Waals surface area contributed by atoms with Gasteiger partial charge in [-0.15, -0.1) is 0 Å². The third kappa shape index (κ3) is 4.62. The van der Waals surface area contributed by atoms with Gasteiger partial charge in [-0.3, -0.25) is 4.79 Å². The van der Waals surface area contributed by atoms with Crippen LogP contribution >= 0.6 is 23.2 Å². The van der Waals surface area contributed by atoms with Crippen molar-refractivity contribution in [3.63, 3.8) is 0 Å². The molecule has 8 heteroatoms. The Hall–Kier alpha value is -1.63. The maximum atomic E-state index is 12.7. The topological polar surface area (TPSA) is 67.3 Å². The van der Waals surface area contributed by atoms with Crippen LogP contribution in [-0.2, 0) is 15.6 Å². The van der Waals surface area contributed by atoms with E-state index in [2.05, 4.69) is 11.9 Å². The molecule has 2 aromatic rings. The third-order valence-electron chi connectivity index (χ3n) is 4.69. The Morgan fingerprint density at radius 3 is 2.52 bits per heavy atom. The van der Waals surface area contributed by atoms with Crippen molar-refractivity contribution in [3.8, 4) is 0 Å². The molecule has 1 aromatic carbocycles. The molecule has 0 bridgehead atoms. The minimum absolute atomic E-state index is 0.00571. The summed E-state index contributed by atoms with van der Waals surface area (Å²) < 4.78 is 25.4. The number of piperidine rings is 1. The number of hydrogen-bond acceptors (Lipinski definition) is 4. The van der Waals surface area contributed by atoms with Crippen molar-refractivity contribution in [2.24, 2.45) is 5.92 Å². The summed E-state index contributed by atoms with van der Waals surface area (Å²) in [4.78, 5) is 18.7. The summed E-state index contributed by atoms with van der Waals surface area (Å²) in [5.41, 5.74) is 0.553. The number of aromatic nitrogens is 1. The van der Waals surface area contributed by atoms with E-state index in [0.717, 1.165) is 12.8 Å². The zero-order valence-electron chi connectivity index (χ0n) is 14.9. The Morgan fingerprint density at radius 1 is 1.15 bits per heavy atom. The van der Waals surface area contributed by atoms with Gasteiger partial charge in [0.1, 0.15) is 5.69 Å². The van der Waals surface area contributed by atoms with Crippen molar-refractivity contribution < 1.29 is 13.2 Å². The second-order valence-electron chi connectivity index (χ2n) is 6.80. The first-order chi connectivity index (χ1) is 12.8. The molecule has 0 unspecified atom stereocenters. The van der Waals surface area contributed by atoms with Crippen LogP contribution in [0.15, 0.2) is 41.3 Å². The molecule has 0 atom stereocenters. The van der Waals surface area contributed by atoms with Crippen LogP contribution in [0.3, 0.4) is 0 Å². The Balaban J connectivity index is 1.81. The van der Waals surface area contributed by atoms with E-state index in [1.165, 1.54) is 18.2 Å². The van der Waals surface area contributed by atoms with Gasteiger partial charge in [0.15, 0.2) is 9.84 Å². The van der Waals surface area contributed by atoms with Crippen molar-refractivity contribution in [2.45, 2.75) is 30.4 Å². The molecule has 0 saturated carbocycles. The van der Waals surface area contributed by atoms with Gasteiger partial charge in [-0.05, 0) is 43.0 Å². The van der Waals surface area contributed by atoms with Crippen LogP contribution in [0.4, 0.5) is 0 Å². The highest BCUT2D eigenvalue weighted by Gasteiger charge is 2.24. The van der Waals surface area contributed by atoms with Gasteiger partial charge in [0.2, 0.25) is 0 Å². The highest BCUT2D eigenvalue weighted by Crippen LogP contribution is 2.30.